The zero-order valence-corrected chi connectivity index (χ0v) is 10.1. The fourth-order valence-electron chi connectivity index (χ4n) is 1.84. The molecule has 4 heteroatoms. The molecule has 0 aliphatic carbocycles. The second-order valence-corrected chi connectivity index (χ2v) is 4.13. The first-order valence-electron chi connectivity index (χ1n) is 6.05. The Bertz CT molecular complexity index is 535. The first kappa shape index (κ1) is 12.5. The van der Waals surface area contributed by atoms with Crippen LogP contribution in [0, 0.1) is 0 Å². The molecule has 2 aromatic rings. The normalized spacial score (nSPS) is 10.5. The molecule has 0 aliphatic rings. The van der Waals surface area contributed by atoms with Crippen molar-refractivity contribution in [3.05, 3.63) is 36.7 Å². The molecule has 0 aliphatic heterocycles. The van der Waals surface area contributed by atoms with Crippen molar-refractivity contribution in [1.82, 2.24) is 4.98 Å². The van der Waals surface area contributed by atoms with Gasteiger partial charge in [0.15, 0.2) is 0 Å². The molecule has 4 nitrogen and oxygen atoms in total. The van der Waals surface area contributed by atoms with Gasteiger partial charge in [-0.1, -0.05) is 12.1 Å². The van der Waals surface area contributed by atoms with Gasteiger partial charge in [0.1, 0.15) is 0 Å². The van der Waals surface area contributed by atoms with Crippen LogP contribution in [0.2, 0.25) is 0 Å². The Kier molecular flexibility index (Phi) is 4.25. The Morgan fingerprint density at radius 2 is 2.17 bits per heavy atom. The lowest BCUT2D eigenvalue weighted by molar-refractivity contribution is -0.116. The average molecular weight is 244 g/mol. The molecule has 1 aromatic heterocycles. The maximum absolute atomic E-state index is 11.7. The molecule has 94 valence electrons. The Morgan fingerprint density at radius 3 is 3.00 bits per heavy atom. The van der Waals surface area contributed by atoms with Crippen molar-refractivity contribution in [2.75, 3.05) is 11.9 Å². The molecular weight excluding hydrogens is 228 g/mol. The number of aliphatic hydroxyl groups is 1. The number of hydrogen-bond donors (Lipinski definition) is 2. The maximum Gasteiger partial charge on any atom is 0.224 e. The summed E-state index contributed by atoms with van der Waals surface area (Å²) in [6, 6.07) is 7.63. The summed E-state index contributed by atoms with van der Waals surface area (Å²) in [7, 11) is 0. The van der Waals surface area contributed by atoms with Crippen LogP contribution in [0.3, 0.4) is 0 Å². The van der Waals surface area contributed by atoms with E-state index in [4.69, 9.17) is 5.11 Å². The summed E-state index contributed by atoms with van der Waals surface area (Å²) < 4.78 is 0. The number of anilines is 1. The number of carbonyl (C=O) groups is 1. The van der Waals surface area contributed by atoms with Gasteiger partial charge in [-0.2, -0.15) is 0 Å². The van der Waals surface area contributed by atoms with E-state index < -0.39 is 0 Å². The number of amides is 1. The predicted molar refractivity (Wildman–Crippen MR) is 71.3 cm³/mol. The van der Waals surface area contributed by atoms with Crippen LogP contribution in [0.4, 0.5) is 5.69 Å². The lowest BCUT2D eigenvalue weighted by atomic mass is 10.1. The summed E-state index contributed by atoms with van der Waals surface area (Å²) in [6.45, 7) is 0.132. The van der Waals surface area contributed by atoms with Gasteiger partial charge in [-0.3, -0.25) is 9.78 Å². The van der Waals surface area contributed by atoms with Gasteiger partial charge in [0.25, 0.3) is 0 Å². The molecule has 18 heavy (non-hydrogen) atoms. The van der Waals surface area contributed by atoms with E-state index in [0.717, 1.165) is 16.5 Å². The number of aromatic nitrogens is 1. The zero-order chi connectivity index (χ0) is 12.8. The minimum absolute atomic E-state index is 0.0206. The van der Waals surface area contributed by atoms with Gasteiger partial charge in [0.2, 0.25) is 5.91 Å². The van der Waals surface area contributed by atoms with Crippen molar-refractivity contribution in [3.63, 3.8) is 0 Å². The summed E-state index contributed by atoms with van der Waals surface area (Å²) >= 11 is 0. The molecule has 0 saturated carbocycles. The molecule has 0 saturated heterocycles. The number of pyridine rings is 1. The molecule has 0 radical (unpaired) electrons. The van der Waals surface area contributed by atoms with Crippen LogP contribution in [0.1, 0.15) is 19.3 Å². The van der Waals surface area contributed by atoms with Crippen molar-refractivity contribution in [2.24, 2.45) is 0 Å². The Balaban J connectivity index is 2.09. The molecular formula is C14H16N2O2. The van der Waals surface area contributed by atoms with Crippen molar-refractivity contribution >= 4 is 22.4 Å². The number of unbranched alkanes of at least 4 members (excludes halogenated alkanes) is 1. The van der Waals surface area contributed by atoms with Gasteiger partial charge < -0.3 is 10.4 Å². The molecule has 0 unspecified atom stereocenters. The van der Waals surface area contributed by atoms with E-state index in [1.54, 1.807) is 12.4 Å². The fourth-order valence-corrected chi connectivity index (χ4v) is 1.84. The number of rotatable bonds is 5. The van der Waals surface area contributed by atoms with Gasteiger partial charge in [-0.25, -0.2) is 0 Å². The van der Waals surface area contributed by atoms with E-state index in [-0.39, 0.29) is 12.5 Å². The monoisotopic (exact) mass is 244 g/mol. The van der Waals surface area contributed by atoms with E-state index in [1.807, 2.05) is 24.3 Å². The molecule has 1 aromatic carbocycles. The Morgan fingerprint density at radius 1 is 1.28 bits per heavy atom. The van der Waals surface area contributed by atoms with Gasteiger partial charge in [-0.15, -0.1) is 0 Å². The highest BCUT2D eigenvalue weighted by atomic mass is 16.2. The van der Waals surface area contributed by atoms with E-state index in [2.05, 4.69) is 10.3 Å². The molecule has 0 atom stereocenters. The number of aliphatic hydroxyl groups excluding tert-OH is 1. The van der Waals surface area contributed by atoms with Crippen LogP contribution >= 0.6 is 0 Å². The minimum atomic E-state index is -0.0206. The minimum Gasteiger partial charge on any atom is -0.396 e. The van der Waals surface area contributed by atoms with E-state index in [1.165, 1.54) is 0 Å². The number of nitrogens with zero attached hydrogens (tertiary/aromatic N) is 1. The number of benzene rings is 1. The standard InChI is InChI=1S/C14H16N2O2/c17-9-2-1-6-14(18)16-13-5-3-4-11-10-15-8-7-12(11)13/h3-5,7-8,10,17H,1-2,6,9H2,(H,16,18). The van der Waals surface area contributed by atoms with Crippen LogP contribution in [0.5, 0.6) is 0 Å². The van der Waals surface area contributed by atoms with Gasteiger partial charge in [0, 0.05) is 41.9 Å². The first-order chi connectivity index (χ1) is 8.81. The number of nitrogens with one attached hydrogen (secondary N) is 1. The second kappa shape index (κ2) is 6.12. The summed E-state index contributed by atoms with van der Waals surface area (Å²) in [5.74, 6) is -0.0206. The molecule has 1 amide bonds. The van der Waals surface area contributed by atoms with Gasteiger partial charge in [0.05, 0.1) is 0 Å². The quantitative estimate of drug-likeness (QED) is 0.793. The topological polar surface area (TPSA) is 62.2 Å². The van der Waals surface area contributed by atoms with Crippen LogP contribution < -0.4 is 5.32 Å². The molecule has 0 bridgehead atoms. The lowest BCUT2D eigenvalue weighted by Gasteiger charge is -2.08. The van der Waals surface area contributed by atoms with Gasteiger partial charge >= 0.3 is 0 Å². The van der Waals surface area contributed by atoms with E-state index in [0.29, 0.717) is 19.3 Å². The third kappa shape index (κ3) is 3.05. The van der Waals surface area contributed by atoms with Crippen molar-refractivity contribution < 1.29 is 9.90 Å². The van der Waals surface area contributed by atoms with E-state index in [9.17, 15) is 4.79 Å². The van der Waals surface area contributed by atoms with Crippen LogP contribution in [0.15, 0.2) is 36.7 Å². The van der Waals surface area contributed by atoms with Crippen LogP contribution in [0.25, 0.3) is 10.8 Å². The van der Waals surface area contributed by atoms with Crippen LogP contribution in [-0.2, 0) is 4.79 Å². The highest BCUT2D eigenvalue weighted by Crippen LogP contribution is 2.22. The highest BCUT2D eigenvalue weighted by molar-refractivity contribution is 6.01. The molecule has 2 rings (SSSR count). The third-order valence-electron chi connectivity index (χ3n) is 2.77. The molecule has 0 spiro atoms. The Hall–Kier alpha value is -1.94. The molecule has 0 fully saturated rings. The smallest absolute Gasteiger partial charge is 0.224 e. The average Bonchev–Trinajstić information content (AvgIpc) is 2.39. The van der Waals surface area contributed by atoms with Gasteiger partial charge in [-0.05, 0) is 25.0 Å². The van der Waals surface area contributed by atoms with E-state index >= 15 is 0 Å². The Labute approximate surface area is 106 Å². The zero-order valence-electron chi connectivity index (χ0n) is 10.1. The number of carbonyl (C=O) groups excluding carboxylic acids is 1. The fraction of sp³-hybridized carbons (Fsp3) is 0.286. The summed E-state index contributed by atoms with van der Waals surface area (Å²) in [5.41, 5.74) is 0.809. The van der Waals surface area contributed by atoms with Crippen molar-refractivity contribution in [2.45, 2.75) is 19.3 Å². The molecule has 2 N–H and O–H groups in total. The second-order valence-electron chi connectivity index (χ2n) is 4.13. The lowest BCUT2D eigenvalue weighted by Crippen LogP contribution is -2.11. The first-order valence-corrected chi connectivity index (χ1v) is 6.05. The molecule has 1 heterocycles. The van der Waals surface area contributed by atoms with Crippen LogP contribution in [-0.4, -0.2) is 22.6 Å². The SMILES string of the molecule is O=C(CCCCO)Nc1cccc2cnccc12. The summed E-state index contributed by atoms with van der Waals surface area (Å²) in [5, 5.41) is 13.6. The third-order valence-corrected chi connectivity index (χ3v) is 2.77. The predicted octanol–water partition coefficient (Wildman–Crippen LogP) is 2.34. The highest BCUT2D eigenvalue weighted by Gasteiger charge is 2.05. The van der Waals surface area contributed by atoms with Crippen molar-refractivity contribution in [3.8, 4) is 0 Å². The van der Waals surface area contributed by atoms with Crippen molar-refractivity contribution in [1.29, 1.82) is 0 Å². The largest absolute Gasteiger partial charge is 0.396 e. The summed E-state index contributed by atoms with van der Waals surface area (Å²) in [4.78, 5) is 15.8. The number of fused-ring (bicyclic) bond motifs is 1. The number of hydrogen-bond acceptors (Lipinski definition) is 3. The summed E-state index contributed by atoms with van der Waals surface area (Å²) in [6.07, 6.45) is 5.28. The maximum atomic E-state index is 11.7.